The van der Waals surface area contributed by atoms with Crippen molar-refractivity contribution >= 4 is 39.5 Å². The largest absolute Gasteiger partial charge is 0.362 e. The minimum absolute atomic E-state index is 0.201. The van der Waals surface area contributed by atoms with Crippen LogP contribution in [-0.4, -0.2) is 21.9 Å². The highest BCUT2D eigenvalue weighted by atomic mass is 15.2. The molecule has 4 aliphatic rings. The molecule has 0 spiro atoms. The maximum Gasteiger partial charge on any atom is 0.0929 e. The van der Waals surface area contributed by atoms with Crippen LogP contribution in [0.5, 0.6) is 0 Å². The molecule has 0 saturated heterocycles. The van der Waals surface area contributed by atoms with E-state index in [0.29, 0.717) is 0 Å². The molecule has 250 valence electrons. The molecule has 0 N–H and O–H groups in total. The summed E-state index contributed by atoms with van der Waals surface area (Å²) in [4.78, 5) is 12.7. The van der Waals surface area contributed by atoms with E-state index in [2.05, 4.69) is 133 Å². The summed E-state index contributed by atoms with van der Waals surface area (Å²) in [5, 5.41) is 3.89. The normalized spacial score (nSPS) is 17.1. The molecule has 0 fully saturated rings. The van der Waals surface area contributed by atoms with Gasteiger partial charge in [-0.25, -0.2) is 4.98 Å². The fraction of sp³-hybridized carbons (Fsp3) is 0.208. The van der Waals surface area contributed by atoms with Gasteiger partial charge < -0.3 is 4.90 Å². The van der Waals surface area contributed by atoms with Gasteiger partial charge in [-0.05, 0) is 113 Å². The van der Waals surface area contributed by atoms with Crippen molar-refractivity contribution in [2.45, 2.75) is 58.4 Å². The van der Waals surface area contributed by atoms with E-state index in [4.69, 9.17) is 9.97 Å². The summed E-state index contributed by atoms with van der Waals surface area (Å²) in [6, 6.07) is 31.3. The smallest absolute Gasteiger partial charge is 0.0929 e. The van der Waals surface area contributed by atoms with E-state index >= 15 is 0 Å². The van der Waals surface area contributed by atoms with Crippen LogP contribution in [0.3, 0.4) is 0 Å². The van der Waals surface area contributed by atoms with Crippen LogP contribution in [-0.2, 0) is 19.3 Å². The van der Waals surface area contributed by atoms with Gasteiger partial charge in [0.25, 0.3) is 0 Å². The van der Waals surface area contributed by atoms with E-state index < -0.39 is 0 Å². The second-order valence-electron chi connectivity index (χ2n) is 13.9. The summed E-state index contributed by atoms with van der Waals surface area (Å²) < 4.78 is 0. The Morgan fingerprint density at radius 1 is 0.647 bits per heavy atom. The third kappa shape index (κ3) is 5.17. The number of benzene rings is 4. The lowest BCUT2D eigenvalue weighted by atomic mass is 9.79. The molecular weight excluding hydrogens is 619 g/mol. The van der Waals surface area contributed by atoms with E-state index in [1.165, 1.54) is 72.1 Å². The minimum atomic E-state index is 0.201. The average molecular weight is 662 g/mol. The average Bonchev–Trinajstić information content (AvgIpc) is 3.21. The number of pyridine rings is 2. The number of fused-ring (bicyclic) bond motifs is 11. The van der Waals surface area contributed by atoms with Crippen molar-refractivity contribution in [3.8, 4) is 22.4 Å². The predicted molar refractivity (Wildman–Crippen MR) is 215 cm³/mol. The van der Waals surface area contributed by atoms with Crippen LogP contribution in [0.25, 0.3) is 61.9 Å². The molecular formula is C48H43N3. The van der Waals surface area contributed by atoms with Gasteiger partial charge in [-0.15, -0.1) is 0 Å². The van der Waals surface area contributed by atoms with Crippen LogP contribution >= 0.6 is 0 Å². The lowest BCUT2D eigenvalue weighted by molar-refractivity contribution is 0.367. The van der Waals surface area contributed by atoms with Gasteiger partial charge in [-0.2, -0.15) is 0 Å². The van der Waals surface area contributed by atoms with E-state index in [-0.39, 0.29) is 6.04 Å². The van der Waals surface area contributed by atoms with Gasteiger partial charge in [0.1, 0.15) is 0 Å². The van der Waals surface area contributed by atoms with E-state index in [0.717, 1.165) is 55.3 Å². The fourth-order valence-corrected chi connectivity index (χ4v) is 8.91. The molecule has 0 amide bonds. The van der Waals surface area contributed by atoms with Crippen molar-refractivity contribution in [3.63, 3.8) is 0 Å². The molecule has 3 nitrogen and oxygen atoms in total. The Bertz CT molecular complexity index is 2460. The molecule has 3 heterocycles. The quantitative estimate of drug-likeness (QED) is 0.177. The molecule has 4 aromatic carbocycles. The van der Waals surface area contributed by atoms with Gasteiger partial charge in [0.05, 0.1) is 22.9 Å². The topological polar surface area (TPSA) is 29.0 Å². The zero-order valence-corrected chi connectivity index (χ0v) is 29.8. The summed E-state index contributed by atoms with van der Waals surface area (Å²) in [6.45, 7) is 4.00. The van der Waals surface area contributed by atoms with Crippen molar-refractivity contribution in [1.29, 1.82) is 0 Å². The second kappa shape index (κ2) is 13.0. The Kier molecular flexibility index (Phi) is 8.00. The number of hydrogen-bond donors (Lipinski definition) is 0. The molecule has 1 aliphatic heterocycles. The highest BCUT2D eigenvalue weighted by Gasteiger charge is 2.32. The molecule has 2 aromatic heterocycles. The maximum atomic E-state index is 5.42. The van der Waals surface area contributed by atoms with Crippen molar-refractivity contribution in [3.05, 3.63) is 160 Å². The Balaban J connectivity index is 0.00000171. The molecule has 0 bridgehead atoms. The van der Waals surface area contributed by atoms with Crippen LogP contribution in [0.2, 0.25) is 0 Å². The first kappa shape index (κ1) is 31.4. The zero-order chi connectivity index (χ0) is 34.5. The first-order chi connectivity index (χ1) is 25.2. The number of hydrogen-bond acceptors (Lipinski definition) is 3. The number of likely N-dealkylation sites (N-methyl/N-ethyl adjacent to an activating group) is 1. The van der Waals surface area contributed by atoms with Crippen molar-refractivity contribution in [2.24, 2.45) is 0 Å². The van der Waals surface area contributed by atoms with Crippen molar-refractivity contribution in [1.82, 2.24) is 14.9 Å². The van der Waals surface area contributed by atoms with Gasteiger partial charge in [0.15, 0.2) is 0 Å². The van der Waals surface area contributed by atoms with Gasteiger partial charge >= 0.3 is 0 Å². The Morgan fingerprint density at radius 3 is 2.18 bits per heavy atom. The summed E-state index contributed by atoms with van der Waals surface area (Å²) >= 11 is 0. The summed E-state index contributed by atoms with van der Waals surface area (Å²) in [5.41, 5.74) is 18.0. The standard InChI is InChI=1S/C46H37N3.C2H6/c1-49-41(26-25-32-24-23-31-12-9-27-47-45(31)46(32)49)30-21-19-29(20-22-30)33-10-8-11-34(28-33)44-43-38-16-5-3-14-36(38)35-13-2-4-15-37(35)42(43)39-17-6-7-18-40(39)48-44;1-2/h4-12,15-22,25-28,46H,2-3,13-14,23-24H2,1H3;1-2H3. The van der Waals surface area contributed by atoms with Gasteiger partial charge in [0, 0.05) is 40.7 Å². The molecule has 6 aromatic rings. The van der Waals surface area contributed by atoms with Crippen LogP contribution in [0.4, 0.5) is 0 Å². The highest BCUT2D eigenvalue weighted by molar-refractivity contribution is 6.18. The third-order valence-electron chi connectivity index (χ3n) is 11.2. The lowest BCUT2D eigenvalue weighted by Crippen LogP contribution is -2.31. The first-order valence-electron chi connectivity index (χ1n) is 18.7. The van der Waals surface area contributed by atoms with Crippen LogP contribution in [0, 0.1) is 0 Å². The lowest BCUT2D eigenvalue weighted by Gasteiger charge is -2.39. The zero-order valence-electron chi connectivity index (χ0n) is 29.8. The molecule has 3 aliphatic carbocycles. The monoisotopic (exact) mass is 661 g/mol. The van der Waals surface area contributed by atoms with Crippen LogP contribution in [0.1, 0.15) is 78.2 Å². The third-order valence-corrected chi connectivity index (χ3v) is 11.2. The Morgan fingerprint density at radius 2 is 1.37 bits per heavy atom. The molecule has 1 atom stereocenters. The number of allylic oxidation sites excluding steroid dienone is 4. The summed E-state index contributed by atoms with van der Waals surface area (Å²) in [7, 11) is 2.21. The number of nitrogens with zero attached hydrogens (tertiary/aromatic N) is 3. The van der Waals surface area contributed by atoms with Gasteiger partial charge in [0.2, 0.25) is 0 Å². The number of aromatic nitrogens is 2. The summed E-state index contributed by atoms with van der Waals surface area (Å²) in [6.07, 6.45) is 22.6. The Labute approximate surface area is 301 Å². The van der Waals surface area contributed by atoms with Gasteiger partial charge in [-0.1, -0.05) is 111 Å². The highest BCUT2D eigenvalue weighted by Crippen LogP contribution is 2.45. The molecule has 3 heteroatoms. The van der Waals surface area contributed by atoms with Crippen LogP contribution in [0.15, 0.2) is 121 Å². The fourth-order valence-electron chi connectivity index (χ4n) is 8.91. The first-order valence-corrected chi connectivity index (χ1v) is 18.7. The molecule has 51 heavy (non-hydrogen) atoms. The Hall–Kier alpha value is -5.54. The number of rotatable bonds is 3. The number of aryl methyl sites for hydroxylation is 1. The predicted octanol–water partition coefficient (Wildman–Crippen LogP) is 12.0. The summed E-state index contributed by atoms with van der Waals surface area (Å²) in [5.74, 6) is 0. The van der Waals surface area contributed by atoms with Gasteiger partial charge in [-0.3, -0.25) is 4.98 Å². The molecule has 1 unspecified atom stereocenters. The number of para-hydroxylation sites is 1. The molecule has 10 rings (SSSR count). The maximum absolute atomic E-state index is 5.42. The van der Waals surface area contributed by atoms with Crippen LogP contribution < -0.4 is 0 Å². The van der Waals surface area contributed by atoms with E-state index in [1.807, 2.05) is 20.0 Å². The molecule has 0 saturated carbocycles. The van der Waals surface area contributed by atoms with Crippen molar-refractivity contribution in [2.75, 3.05) is 7.05 Å². The minimum Gasteiger partial charge on any atom is -0.362 e. The van der Waals surface area contributed by atoms with E-state index in [9.17, 15) is 0 Å². The van der Waals surface area contributed by atoms with Crippen molar-refractivity contribution < 1.29 is 0 Å². The van der Waals surface area contributed by atoms with E-state index in [1.54, 1.807) is 5.56 Å². The SMILES string of the molecule is CC.CN1C(c2ccc(-c3cccc(-c4nc5ccccc5c5c6c(c7c(c45)C=CCC7)CCC=C6)c3)cc2)=CC=C2CCc3cccnc3C21. The molecule has 0 radical (unpaired) electrons. The second-order valence-corrected chi connectivity index (χ2v) is 13.9.